The van der Waals surface area contributed by atoms with Gasteiger partial charge in [-0.15, -0.1) is 0 Å². The van der Waals surface area contributed by atoms with Crippen LogP contribution in [0.5, 0.6) is 0 Å². The van der Waals surface area contributed by atoms with E-state index < -0.39 is 9.76 Å². The van der Waals surface area contributed by atoms with Crippen LogP contribution in [0.3, 0.4) is 0 Å². The molecular weight excluding hydrogens is 238 g/mol. The van der Waals surface area contributed by atoms with Crippen LogP contribution in [0, 0.1) is 0 Å². The van der Waals surface area contributed by atoms with Gasteiger partial charge in [0.05, 0.1) is 6.10 Å². The van der Waals surface area contributed by atoms with Crippen molar-refractivity contribution in [3.05, 3.63) is 0 Å². The fourth-order valence-electron chi connectivity index (χ4n) is 1.03. The zero-order valence-electron chi connectivity index (χ0n) is 6.76. The lowest BCUT2D eigenvalue weighted by molar-refractivity contribution is -0.145. The number of ether oxygens (including phenoxy) is 2. The van der Waals surface area contributed by atoms with Gasteiger partial charge in [-0.05, 0) is 12.8 Å². The van der Waals surface area contributed by atoms with Crippen molar-refractivity contribution in [1.82, 2.24) is 0 Å². The predicted octanol–water partition coefficient (Wildman–Crippen LogP) is 2.08. The van der Waals surface area contributed by atoms with Gasteiger partial charge >= 0.3 is 5.97 Å². The maximum absolute atomic E-state index is 10.9. The highest BCUT2D eigenvalue weighted by molar-refractivity contribution is 6.75. The molecule has 1 aliphatic rings. The van der Waals surface area contributed by atoms with Crippen LogP contribution in [0.2, 0.25) is 0 Å². The second kappa shape index (κ2) is 4.69. The Kier molecular flexibility index (Phi) is 4.10. The van der Waals surface area contributed by atoms with Crippen LogP contribution in [0.25, 0.3) is 0 Å². The zero-order chi connectivity index (χ0) is 9.90. The summed E-state index contributed by atoms with van der Waals surface area (Å²) in [5, 5.41) is 0. The molecule has 0 amide bonds. The average Bonchev–Trinajstić information content (AvgIpc) is 2.50. The molecule has 0 saturated carbocycles. The number of carbonyl (C=O) groups excluding carboxylic acids is 1. The van der Waals surface area contributed by atoms with E-state index in [-0.39, 0.29) is 12.7 Å². The lowest BCUT2D eigenvalue weighted by Crippen LogP contribution is -2.26. The molecule has 0 radical (unpaired) electrons. The van der Waals surface area contributed by atoms with Crippen LogP contribution in [-0.2, 0) is 14.3 Å². The summed E-state index contributed by atoms with van der Waals surface area (Å²) >= 11 is 15.9. The molecule has 0 aromatic rings. The molecular formula is C7H9Cl3O3. The first-order valence-electron chi connectivity index (χ1n) is 3.85. The highest BCUT2D eigenvalue weighted by Gasteiger charge is 2.33. The van der Waals surface area contributed by atoms with Gasteiger partial charge in [0.2, 0.25) is 0 Å². The topological polar surface area (TPSA) is 35.5 Å². The van der Waals surface area contributed by atoms with Crippen molar-refractivity contribution in [2.45, 2.75) is 22.7 Å². The van der Waals surface area contributed by atoms with Gasteiger partial charge < -0.3 is 9.47 Å². The van der Waals surface area contributed by atoms with Gasteiger partial charge in [-0.3, -0.25) is 0 Å². The van der Waals surface area contributed by atoms with E-state index in [1.165, 1.54) is 0 Å². The molecule has 0 spiro atoms. The molecule has 0 N–H and O–H groups in total. The number of hydrogen-bond donors (Lipinski definition) is 0. The number of hydrogen-bond acceptors (Lipinski definition) is 3. The Labute approximate surface area is 91.2 Å². The molecule has 1 rings (SSSR count). The summed E-state index contributed by atoms with van der Waals surface area (Å²) in [7, 11) is 0. The second-order valence-corrected chi connectivity index (χ2v) is 5.01. The molecule has 0 aliphatic carbocycles. The summed E-state index contributed by atoms with van der Waals surface area (Å²) in [5.41, 5.74) is 0. The Morgan fingerprint density at radius 1 is 1.54 bits per heavy atom. The molecule has 0 aromatic heterocycles. The van der Waals surface area contributed by atoms with Crippen molar-refractivity contribution in [2.24, 2.45) is 0 Å². The summed E-state index contributed by atoms with van der Waals surface area (Å²) < 4.78 is 7.95. The average molecular weight is 248 g/mol. The van der Waals surface area contributed by atoms with E-state index in [1.807, 2.05) is 0 Å². The van der Waals surface area contributed by atoms with Gasteiger partial charge in [0, 0.05) is 6.61 Å². The number of halogens is 3. The minimum Gasteiger partial charge on any atom is -0.460 e. The smallest absolute Gasteiger partial charge is 0.358 e. The molecule has 1 aliphatic heterocycles. The Morgan fingerprint density at radius 2 is 2.23 bits per heavy atom. The largest absolute Gasteiger partial charge is 0.460 e. The third-order valence-electron chi connectivity index (χ3n) is 1.66. The van der Waals surface area contributed by atoms with Crippen LogP contribution in [-0.4, -0.2) is 29.1 Å². The molecule has 1 heterocycles. The zero-order valence-corrected chi connectivity index (χ0v) is 9.03. The first-order chi connectivity index (χ1) is 6.00. The summed E-state index contributed by atoms with van der Waals surface area (Å²) in [6, 6.07) is 0. The number of esters is 1. The van der Waals surface area contributed by atoms with Gasteiger partial charge in [0.1, 0.15) is 6.61 Å². The quantitative estimate of drug-likeness (QED) is 0.554. The van der Waals surface area contributed by atoms with E-state index in [4.69, 9.17) is 44.3 Å². The summed E-state index contributed by atoms with van der Waals surface area (Å²) in [4.78, 5) is 10.9. The van der Waals surface area contributed by atoms with Crippen LogP contribution in [0.4, 0.5) is 0 Å². The molecule has 0 aromatic carbocycles. The first kappa shape index (κ1) is 11.4. The predicted molar refractivity (Wildman–Crippen MR) is 50.2 cm³/mol. The molecule has 1 saturated heterocycles. The molecule has 0 unspecified atom stereocenters. The lowest BCUT2D eigenvalue weighted by Gasteiger charge is -2.13. The third-order valence-corrected chi connectivity index (χ3v) is 2.12. The van der Waals surface area contributed by atoms with Crippen molar-refractivity contribution in [1.29, 1.82) is 0 Å². The Hall–Kier alpha value is 0.300. The summed E-state index contributed by atoms with van der Waals surface area (Å²) in [6.45, 7) is 0.864. The third kappa shape index (κ3) is 3.90. The molecule has 1 fully saturated rings. The minimum absolute atomic E-state index is 0.0451. The maximum Gasteiger partial charge on any atom is 0.358 e. The molecule has 13 heavy (non-hydrogen) atoms. The highest BCUT2D eigenvalue weighted by atomic mass is 35.6. The van der Waals surface area contributed by atoms with Crippen molar-refractivity contribution in [3.63, 3.8) is 0 Å². The summed E-state index contributed by atoms with van der Waals surface area (Å²) in [5.74, 6) is -0.854. The SMILES string of the molecule is O=C(OC[C@H]1CCCO1)C(Cl)(Cl)Cl. The van der Waals surface area contributed by atoms with Crippen LogP contribution < -0.4 is 0 Å². The van der Waals surface area contributed by atoms with E-state index in [0.717, 1.165) is 12.8 Å². The standard InChI is InChI=1S/C7H9Cl3O3/c8-7(9,10)6(11)13-4-5-2-1-3-12-5/h5H,1-4H2/t5-/m1/s1. The lowest BCUT2D eigenvalue weighted by atomic mass is 10.2. The van der Waals surface area contributed by atoms with Crippen molar-refractivity contribution >= 4 is 40.8 Å². The second-order valence-electron chi connectivity index (χ2n) is 2.73. The molecule has 6 heteroatoms. The maximum atomic E-state index is 10.9. The Balaban J connectivity index is 2.22. The number of rotatable bonds is 2. The molecule has 0 bridgehead atoms. The van der Waals surface area contributed by atoms with Gasteiger partial charge in [0.15, 0.2) is 0 Å². The number of alkyl halides is 3. The normalized spacial score (nSPS) is 23.2. The van der Waals surface area contributed by atoms with Crippen molar-refractivity contribution in [3.8, 4) is 0 Å². The van der Waals surface area contributed by atoms with E-state index in [1.54, 1.807) is 0 Å². The van der Waals surface area contributed by atoms with Crippen molar-refractivity contribution in [2.75, 3.05) is 13.2 Å². The molecule has 1 atom stereocenters. The van der Waals surface area contributed by atoms with Gasteiger partial charge in [-0.1, -0.05) is 34.8 Å². The Bertz CT molecular complexity index is 184. The molecule has 76 valence electrons. The van der Waals surface area contributed by atoms with Crippen LogP contribution >= 0.6 is 34.8 Å². The monoisotopic (exact) mass is 246 g/mol. The Morgan fingerprint density at radius 3 is 2.69 bits per heavy atom. The highest BCUT2D eigenvalue weighted by Crippen LogP contribution is 2.27. The minimum atomic E-state index is -1.99. The van der Waals surface area contributed by atoms with E-state index in [2.05, 4.69) is 0 Å². The first-order valence-corrected chi connectivity index (χ1v) is 4.99. The van der Waals surface area contributed by atoms with Gasteiger partial charge in [-0.25, -0.2) is 4.79 Å². The van der Waals surface area contributed by atoms with Gasteiger partial charge in [0.25, 0.3) is 3.79 Å². The fourth-order valence-corrected chi connectivity index (χ4v) is 1.19. The van der Waals surface area contributed by atoms with E-state index in [0.29, 0.717) is 6.61 Å². The van der Waals surface area contributed by atoms with Gasteiger partial charge in [-0.2, -0.15) is 0 Å². The van der Waals surface area contributed by atoms with E-state index in [9.17, 15) is 4.79 Å². The van der Waals surface area contributed by atoms with Crippen LogP contribution in [0.15, 0.2) is 0 Å². The fraction of sp³-hybridized carbons (Fsp3) is 0.857. The summed E-state index contributed by atoms with van der Waals surface area (Å²) in [6.07, 6.45) is 1.82. The number of carbonyl (C=O) groups is 1. The van der Waals surface area contributed by atoms with Crippen molar-refractivity contribution < 1.29 is 14.3 Å². The van der Waals surface area contributed by atoms with Crippen LogP contribution in [0.1, 0.15) is 12.8 Å². The van der Waals surface area contributed by atoms with E-state index >= 15 is 0 Å². The molecule has 3 nitrogen and oxygen atoms in total.